The summed E-state index contributed by atoms with van der Waals surface area (Å²) in [6.45, 7) is 0. The molecule has 1 aromatic carbocycles. The standard InChI is InChI=1S/C14H17N3OS/c1-19-9-7-11(15)14(18)17-12-6-2-4-10-5-3-8-16-13(10)12/h2-6,8,11H,7,9,15H2,1H3,(H,17,18)/t11-/m0/s1. The minimum atomic E-state index is -0.480. The Morgan fingerprint density at radius 1 is 1.42 bits per heavy atom. The second-order valence-corrected chi connectivity index (χ2v) is 5.24. The molecule has 19 heavy (non-hydrogen) atoms. The smallest absolute Gasteiger partial charge is 0.241 e. The van der Waals surface area contributed by atoms with E-state index in [-0.39, 0.29) is 5.91 Å². The third kappa shape index (κ3) is 3.45. The van der Waals surface area contributed by atoms with Gasteiger partial charge in [0.1, 0.15) is 0 Å². The van der Waals surface area contributed by atoms with Crippen molar-refractivity contribution in [3.8, 4) is 0 Å². The zero-order valence-corrected chi connectivity index (χ0v) is 11.6. The summed E-state index contributed by atoms with van der Waals surface area (Å²) >= 11 is 1.68. The molecule has 0 aliphatic rings. The van der Waals surface area contributed by atoms with Crippen molar-refractivity contribution in [2.75, 3.05) is 17.3 Å². The molecule has 1 atom stereocenters. The number of rotatable bonds is 5. The number of anilines is 1. The predicted octanol–water partition coefficient (Wildman–Crippen LogP) is 2.25. The van der Waals surface area contributed by atoms with E-state index in [1.54, 1.807) is 18.0 Å². The van der Waals surface area contributed by atoms with Crippen LogP contribution in [0.2, 0.25) is 0 Å². The first kappa shape index (κ1) is 13.8. The molecule has 0 fully saturated rings. The fourth-order valence-corrected chi connectivity index (χ4v) is 2.30. The summed E-state index contributed by atoms with van der Waals surface area (Å²) in [7, 11) is 0. The van der Waals surface area contributed by atoms with E-state index in [9.17, 15) is 4.79 Å². The van der Waals surface area contributed by atoms with Crippen molar-refractivity contribution in [3.63, 3.8) is 0 Å². The van der Waals surface area contributed by atoms with E-state index in [0.717, 1.165) is 16.7 Å². The maximum absolute atomic E-state index is 12.0. The summed E-state index contributed by atoms with van der Waals surface area (Å²) in [4.78, 5) is 16.3. The number of para-hydroxylation sites is 1. The van der Waals surface area contributed by atoms with Crippen LogP contribution in [0.5, 0.6) is 0 Å². The molecule has 0 aliphatic heterocycles. The molecule has 0 aliphatic carbocycles. The summed E-state index contributed by atoms with van der Waals surface area (Å²) in [6, 6.07) is 9.06. The lowest BCUT2D eigenvalue weighted by Crippen LogP contribution is -2.36. The lowest BCUT2D eigenvalue weighted by atomic mass is 10.1. The van der Waals surface area contributed by atoms with Crippen LogP contribution in [0, 0.1) is 0 Å². The number of nitrogens with one attached hydrogen (secondary N) is 1. The highest BCUT2D eigenvalue weighted by Crippen LogP contribution is 2.20. The van der Waals surface area contributed by atoms with Gasteiger partial charge in [-0.05, 0) is 30.6 Å². The van der Waals surface area contributed by atoms with Crippen LogP contribution < -0.4 is 11.1 Å². The molecule has 1 amide bonds. The molecule has 0 saturated carbocycles. The highest BCUT2D eigenvalue weighted by atomic mass is 32.2. The Labute approximate surface area is 116 Å². The number of hydrogen-bond acceptors (Lipinski definition) is 4. The van der Waals surface area contributed by atoms with Crippen LogP contribution in [-0.4, -0.2) is 28.9 Å². The molecule has 3 N–H and O–H groups in total. The summed E-state index contributed by atoms with van der Waals surface area (Å²) < 4.78 is 0. The van der Waals surface area contributed by atoms with Crippen LogP contribution in [0.3, 0.4) is 0 Å². The van der Waals surface area contributed by atoms with Crippen LogP contribution in [0.15, 0.2) is 36.5 Å². The number of hydrogen-bond donors (Lipinski definition) is 2. The van der Waals surface area contributed by atoms with Crippen LogP contribution >= 0.6 is 11.8 Å². The van der Waals surface area contributed by atoms with Crippen molar-refractivity contribution in [1.82, 2.24) is 4.98 Å². The summed E-state index contributed by atoms with van der Waals surface area (Å²) in [6.07, 6.45) is 4.39. The lowest BCUT2D eigenvalue weighted by Gasteiger charge is -2.12. The fraction of sp³-hybridized carbons (Fsp3) is 0.286. The maximum Gasteiger partial charge on any atom is 0.241 e. The molecule has 1 aromatic heterocycles. The lowest BCUT2D eigenvalue weighted by molar-refractivity contribution is -0.117. The van der Waals surface area contributed by atoms with Crippen LogP contribution in [0.1, 0.15) is 6.42 Å². The molecule has 0 saturated heterocycles. The van der Waals surface area contributed by atoms with Crippen LogP contribution in [0.25, 0.3) is 10.9 Å². The minimum absolute atomic E-state index is 0.160. The van der Waals surface area contributed by atoms with Crippen molar-refractivity contribution in [2.45, 2.75) is 12.5 Å². The van der Waals surface area contributed by atoms with Gasteiger partial charge in [0.2, 0.25) is 5.91 Å². The Morgan fingerprint density at radius 3 is 3.00 bits per heavy atom. The highest BCUT2D eigenvalue weighted by Gasteiger charge is 2.14. The van der Waals surface area contributed by atoms with Gasteiger partial charge in [-0.3, -0.25) is 9.78 Å². The Balaban J connectivity index is 2.15. The molecule has 4 nitrogen and oxygen atoms in total. The van der Waals surface area contributed by atoms with E-state index in [2.05, 4.69) is 10.3 Å². The number of carbonyl (C=O) groups is 1. The van der Waals surface area contributed by atoms with E-state index in [1.165, 1.54) is 0 Å². The largest absolute Gasteiger partial charge is 0.323 e. The predicted molar refractivity (Wildman–Crippen MR) is 81.3 cm³/mol. The number of nitrogens with zero attached hydrogens (tertiary/aromatic N) is 1. The zero-order valence-electron chi connectivity index (χ0n) is 10.8. The van der Waals surface area contributed by atoms with Gasteiger partial charge in [0.25, 0.3) is 0 Å². The molecule has 5 heteroatoms. The average Bonchev–Trinajstić information content (AvgIpc) is 2.45. The number of benzene rings is 1. The monoisotopic (exact) mass is 275 g/mol. The molecular formula is C14H17N3OS. The van der Waals surface area contributed by atoms with Crippen molar-refractivity contribution in [1.29, 1.82) is 0 Å². The second kappa shape index (κ2) is 6.54. The quantitative estimate of drug-likeness (QED) is 0.878. The Kier molecular flexibility index (Phi) is 4.76. The first-order chi connectivity index (χ1) is 9.22. The van der Waals surface area contributed by atoms with Crippen molar-refractivity contribution < 1.29 is 4.79 Å². The van der Waals surface area contributed by atoms with Crippen molar-refractivity contribution >= 4 is 34.3 Å². The van der Waals surface area contributed by atoms with E-state index >= 15 is 0 Å². The minimum Gasteiger partial charge on any atom is -0.323 e. The number of fused-ring (bicyclic) bond motifs is 1. The Bertz CT molecular complexity index is 568. The maximum atomic E-state index is 12.0. The topological polar surface area (TPSA) is 68.0 Å². The molecule has 2 aromatic rings. The normalized spacial score (nSPS) is 12.3. The third-order valence-corrected chi connectivity index (χ3v) is 3.50. The fourth-order valence-electron chi connectivity index (χ4n) is 1.81. The molecule has 0 unspecified atom stereocenters. The summed E-state index contributed by atoms with van der Waals surface area (Å²) in [5, 5.41) is 3.86. The van der Waals surface area contributed by atoms with Crippen LogP contribution in [0.4, 0.5) is 5.69 Å². The van der Waals surface area contributed by atoms with Gasteiger partial charge >= 0.3 is 0 Å². The van der Waals surface area contributed by atoms with Gasteiger partial charge in [-0.25, -0.2) is 0 Å². The number of aromatic nitrogens is 1. The molecule has 1 heterocycles. The number of thioether (sulfide) groups is 1. The first-order valence-corrected chi connectivity index (χ1v) is 7.51. The average molecular weight is 275 g/mol. The molecule has 0 radical (unpaired) electrons. The van der Waals surface area contributed by atoms with Gasteiger partial charge in [0.05, 0.1) is 17.2 Å². The zero-order chi connectivity index (χ0) is 13.7. The van der Waals surface area contributed by atoms with Crippen molar-refractivity contribution in [2.24, 2.45) is 5.73 Å². The number of amides is 1. The van der Waals surface area contributed by atoms with Gasteiger partial charge < -0.3 is 11.1 Å². The first-order valence-electron chi connectivity index (χ1n) is 6.11. The van der Waals surface area contributed by atoms with Gasteiger partial charge in [-0.1, -0.05) is 18.2 Å². The molecule has 100 valence electrons. The summed E-state index contributed by atoms with van der Waals surface area (Å²) in [5.74, 6) is 0.717. The molecule has 0 bridgehead atoms. The third-order valence-electron chi connectivity index (χ3n) is 2.86. The van der Waals surface area contributed by atoms with Gasteiger partial charge in [-0.2, -0.15) is 11.8 Å². The summed E-state index contributed by atoms with van der Waals surface area (Å²) in [5.41, 5.74) is 7.35. The van der Waals surface area contributed by atoms with E-state index < -0.39 is 6.04 Å². The molecule has 2 rings (SSSR count). The second-order valence-electron chi connectivity index (χ2n) is 4.26. The van der Waals surface area contributed by atoms with Gasteiger partial charge in [0, 0.05) is 11.6 Å². The van der Waals surface area contributed by atoms with E-state index in [0.29, 0.717) is 12.1 Å². The van der Waals surface area contributed by atoms with Gasteiger partial charge in [-0.15, -0.1) is 0 Å². The number of pyridine rings is 1. The van der Waals surface area contributed by atoms with Gasteiger partial charge in [0.15, 0.2) is 0 Å². The highest BCUT2D eigenvalue weighted by molar-refractivity contribution is 7.98. The number of nitrogens with two attached hydrogens (primary N) is 1. The Hall–Kier alpha value is -1.59. The van der Waals surface area contributed by atoms with E-state index in [1.807, 2.05) is 36.6 Å². The molecular weight excluding hydrogens is 258 g/mol. The number of carbonyl (C=O) groups excluding carboxylic acids is 1. The molecule has 0 spiro atoms. The van der Waals surface area contributed by atoms with Crippen molar-refractivity contribution in [3.05, 3.63) is 36.5 Å². The van der Waals surface area contributed by atoms with Crippen LogP contribution in [-0.2, 0) is 4.79 Å². The van der Waals surface area contributed by atoms with E-state index in [4.69, 9.17) is 5.73 Å². The SMILES string of the molecule is CSCC[C@H](N)C(=O)Nc1cccc2cccnc12. The Morgan fingerprint density at radius 2 is 2.21 bits per heavy atom.